The smallest absolute Gasteiger partial charge is 0.257 e. The van der Waals surface area contributed by atoms with E-state index in [9.17, 15) is 9.59 Å². The Balaban J connectivity index is 1.45. The van der Waals surface area contributed by atoms with Gasteiger partial charge in [0.25, 0.3) is 5.89 Å². The van der Waals surface area contributed by atoms with E-state index in [1.807, 2.05) is 0 Å². The molecule has 1 fully saturated rings. The van der Waals surface area contributed by atoms with Crippen LogP contribution in [0.3, 0.4) is 0 Å². The first-order valence-electron chi connectivity index (χ1n) is 9.44. The predicted molar refractivity (Wildman–Crippen MR) is 108 cm³/mol. The van der Waals surface area contributed by atoms with Gasteiger partial charge < -0.3 is 4.52 Å². The minimum atomic E-state index is -0.163. The molecule has 1 saturated heterocycles. The van der Waals surface area contributed by atoms with Crippen molar-refractivity contribution in [1.29, 1.82) is 0 Å². The molecule has 1 aliphatic carbocycles. The number of hydrogen-bond acceptors (Lipinski definition) is 8. The van der Waals surface area contributed by atoms with Gasteiger partial charge in [-0.3, -0.25) is 14.7 Å². The van der Waals surface area contributed by atoms with E-state index in [0.717, 1.165) is 25.9 Å². The minimum Gasteiger partial charge on any atom is -0.334 e. The molecule has 0 unspecified atom stereocenters. The van der Waals surface area contributed by atoms with Crippen molar-refractivity contribution in [2.24, 2.45) is 5.14 Å². The Morgan fingerprint density at radius 3 is 2.31 bits per heavy atom. The van der Waals surface area contributed by atoms with E-state index in [1.165, 1.54) is 12.1 Å². The lowest BCUT2D eigenvalue weighted by Crippen LogP contribution is -2.29. The molecule has 2 aliphatic rings. The van der Waals surface area contributed by atoms with E-state index in [-0.39, 0.29) is 17.5 Å². The lowest BCUT2D eigenvalue weighted by Gasteiger charge is -2.27. The topological polar surface area (TPSA) is 102 Å². The van der Waals surface area contributed by atoms with Gasteiger partial charge in [0.1, 0.15) is 0 Å². The van der Waals surface area contributed by atoms with Gasteiger partial charge >= 0.3 is 0 Å². The lowest BCUT2D eigenvalue weighted by atomic mass is 9.83. The van der Waals surface area contributed by atoms with E-state index in [2.05, 4.69) is 14.4 Å². The Hall–Kier alpha value is -2.81. The summed E-state index contributed by atoms with van der Waals surface area (Å²) in [7, 11) is 0. The van der Waals surface area contributed by atoms with Crippen LogP contribution in [0.15, 0.2) is 47.0 Å². The molecule has 1 aliphatic heterocycles. The highest BCUT2D eigenvalue weighted by Gasteiger charge is 2.30. The van der Waals surface area contributed by atoms with Gasteiger partial charge in [-0.05, 0) is 31.0 Å². The second-order valence-corrected chi connectivity index (χ2v) is 7.96. The number of benzene rings is 2. The highest BCUT2D eigenvalue weighted by molar-refractivity contribution is 7.94. The van der Waals surface area contributed by atoms with Crippen molar-refractivity contribution >= 4 is 23.7 Å². The fraction of sp³-hybridized carbons (Fsp3) is 0.238. The van der Waals surface area contributed by atoms with Crippen molar-refractivity contribution in [2.75, 3.05) is 13.1 Å². The summed E-state index contributed by atoms with van der Waals surface area (Å²) in [5.41, 5.74) is 2.29. The fourth-order valence-electron chi connectivity index (χ4n) is 3.97. The van der Waals surface area contributed by atoms with Crippen LogP contribution in [-0.4, -0.2) is 39.1 Å². The van der Waals surface area contributed by atoms with Crippen molar-refractivity contribution in [2.45, 2.75) is 18.8 Å². The van der Waals surface area contributed by atoms with Crippen LogP contribution in [0.4, 0.5) is 0 Å². The van der Waals surface area contributed by atoms with Crippen LogP contribution in [0.5, 0.6) is 0 Å². The number of aromatic nitrogens is 2. The van der Waals surface area contributed by atoms with E-state index in [1.54, 1.807) is 42.5 Å². The molecule has 29 heavy (non-hydrogen) atoms. The van der Waals surface area contributed by atoms with Gasteiger partial charge in [0, 0.05) is 59.0 Å². The zero-order chi connectivity index (χ0) is 20.0. The number of hydrogen-bond donors (Lipinski definition) is 1. The Labute approximate surface area is 171 Å². The molecule has 0 spiro atoms. The standard InChI is InChI=1S/C21H18N4O3S/c22-29-25-9-7-12(8-10-25)20-23-21(28-24-20)13-5-6-16-17(11-13)19(27)15-4-2-1-3-14(15)18(16)26/h1-6,11-12H,7-10,22H2. The number of nitrogens with two attached hydrogens (primary N) is 1. The molecule has 146 valence electrons. The van der Waals surface area contributed by atoms with Gasteiger partial charge in [0.2, 0.25) is 0 Å². The normalized spacial score (nSPS) is 17.3. The first-order valence-corrected chi connectivity index (χ1v) is 10.3. The Bertz CT molecular complexity index is 1120. The monoisotopic (exact) mass is 406 g/mol. The fourth-order valence-corrected chi connectivity index (χ4v) is 4.39. The van der Waals surface area contributed by atoms with Crippen LogP contribution in [0.2, 0.25) is 0 Å². The van der Waals surface area contributed by atoms with Gasteiger partial charge in [0.05, 0.1) is 0 Å². The summed E-state index contributed by atoms with van der Waals surface area (Å²) >= 11 is 1.26. The summed E-state index contributed by atoms with van der Waals surface area (Å²) in [5.74, 6) is 0.953. The maximum Gasteiger partial charge on any atom is 0.257 e. The molecule has 2 aromatic carbocycles. The Morgan fingerprint density at radius 1 is 0.966 bits per heavy atom. The highest BCUT2D eigenvalue weighted by Crippen LogP contribution is 2.32. The second kappa shape index (κ2) is 7.22. The molecule has 1 aromatic heterocycles. The first kappa shape index (κ1) is 18.2. The Kier molecular flexibility index (Phi) is 4.54. The van der Waals surface area contributed by atoms with E-state index in [4.69, 9.17) is 9.66 Å². The van der Waals surface area contributed by atoms with Gasteiger partial charge in [-0.1, -0.05) is 29.4 Å². The number of nitrogens with zero attached hydrogens (tertiary/aromatic N) is 3. The maximum atomic E-state index is 12.9. The van der Waals surface area contributed by atoms with Crippen LogP contribution >= 0.6 is 12.1 Å². The summed E-state index contributed by atoms with van der Waals surface area (Å²) in [6.07, 6.45) is 1.83. The molecule has 8 heteroatoms. The summed E-state index contributed by atoms with van der Waals surface area (Å²) in [6, 6.07) is 12.0. The SMILES string of the molecule is NSN1CCC(c2noc(-c3ccc4c(c3)C(=O)c3ccccc3C4=O)n2)CC1. The quantitative estimate of drug-likeness (QED) is 0.518. The molecule has 0 atom stereocenters. The molecule has 3 aromatic rings. The average molecular weight is 406 g/mol. The second-order valence-electron chi connectivity index (χ2n) is 7.23. The van der Waals surface area contributed by atoms with Crippen LogP contribution in [0.25, 0.3) is 11.5 Å². The number of fused-ring (bicyclic) bond motifs is 2. The molecule has 2 N–H and O–H groups in total. The molecule has 7 nitrogen and oxygen atoms in total. The molecule has 0 radical (unpaired) electrons. The van der Waals surface area contributed by atoms with E-state index < -0.39 is 0 Å². The molecular weight excluding hydrogens is 388 g/mol. The third kappa shape index (κ3) is 3.09. The molecule has 0 amide bonds. The minimum absolute atomic E-state index is 0.141. The van der Waals surface area contributed by atoms with Gasteiger partial charge in [0.15, 0.2) is 17.4 Å². The average Bonchev–Trinajstić information content (AvgIpc) is 3.27. The molecule has 2 heterocycles. The van der Waals surface area contributed by atoms with Crippen molar-refractivity contribution in [3.8, 4) is 11.5 Å². The zero-order valence-corrected chi connectivity index (χ0v) is 16.3. The summed E-state index contributed by atoms with van der Waals surface area (Å²) < 4.78 is 7.59. The van der Waals surface area contributed by atoms with Crippen molar-refractivity contribution in [3.63, 3.8) is 0 Å². The number of rotatable bonds is 3. The number of ketones is 2. The predicted octanol–water partition coefficient (Wildman–Crippen LogP) is 3.21. The molecular formula is C21H18N4O3S. The molecule has 0 saturated carbocycles. The zero-order valence-electron chi connectivity index (χ0n) is 15.5. The number of carbonyl (C=O) groups excluding carboxylic acids is 2. The lowest BCUT2D eigenvalue weighted by molar-refractivity contribution is 0.0979. The van der Waals surface area contributed by atoms with Crippen LogP contribution in [-0.2, 0) is 0 Å². The largest absolute Gasteiger partial charge is 0.334 e. The van der Waals surface area contributed by atoms with Crippen molar-refractivity contribution < 1.29 is 14.1 Å². The number of piperidine rings is 1. The van der Waals surface area contributed by atoms with Crippen molar-refractivity contribution in [3.05, 3.63) is 70.5 Å². The summed E-state index contributed by atoms with van der Waals surface area (Å²) in [5, 5.41) is 9.77. The van der Waals surface area contributed by atoms with Gasteiger partial charge in [-0.15, -0.1) is 0 Å². The molecule has 5 rings (SSSR count). The maximum absolute atomic E-state index is 12.9. The van der Waals surface area contributed by atoms with E-state index in [0.29, 0.717) is 39.5 Å². The summed E-state index contributed by atoms with van der Waals surface area (Å²) in [4.78, 5) is 30.2. The van der Waals surface area contributed by atoms with Gasteiger partial charge in [-0.2, -0.15) is 4.98 Å². The first-order chi connectivity index (χ1) is 14.2. The van der Waals surface area contributed by atoms with Crippen molar-refractivity contribution in [1.82, 2.24) is 14.4 Å². The van der Waals surface area contributed by atoms with Crippen LogP contribution < -0.4 is 5.14 Å². The van der Waals surface area contributed by atoms with E-state index >= 15 is 0 Å². The number of carbonyl (C=O) groups is 2. The third-order valence-electron chi connectivity index (χ3n) is 5.58. The van der Waals surface area contributed by atoms with Crippen LogP contribution in [0.1, 0.15) is 56.4 Å². The third-order valence-corrected chi connectivity index (χ3v) is 6.25. The summed E-state index contributed by atoms with van der Waals surface area (Å²) in [6.45, 7) is 1.76. The molecule has 0 bridgehead atoms. The van der Waals surface area contributed by atoms with Crippen LogP contribution in [0, 0.1) is 0 Å². The highest BCUT2D eigenvalue weighted by atomic mass is 32.2. The Morgan fingerprint density at radius 2 is 1.62 bits per heavy atom. The van der Waals surface area contributed by atoms with Gasteiger partial charge in [-0.25, -0.2) is 4.31 Å².